The summed E-state index contributed by atoms with van der Waals surface area (Å²) in [5.74, 6) is 0. The molecule has 0 atom stereocenters. The predicted molar refractivity (Wildman–Crippen MR) is 66.5 cm³/mol. The van der Waals surface area contributed by atoms with Crippen LogP contribution in [0, 0.1) is 6.92 Å². The molecular weight excluding hydrogens is 196 g/mol. The second-order valence-electron chi connectivity index (χ2n) is 3.95. The van der Waals surface area contributed by atoms with Crippen molar-refractivity contribution < 1.29 is 4.57 Å². The summed E-state index contributed by atoms with van der Waals surface area (Å²) in [6, 6.07) is 12.6. The van der Waals surface area contributed by atoms with Crippen LogP contribution in [0.5, 0.6) is 0 Å². The van der Waals surface area contributed by atoms with Crippen molar-refractivity contribution in [1.82, 2.24) is 0 Å². The van der Waals surface area contributed by atoms with E-state index < -0.39 is 0 Å². The number of nitrogens with zero attached hydrogens (tertiary/aromatic N) is 1. The van der Waals surface area contributed by atoms with Gasteiger partial charge in [-0.05, 0) is 12.5 Å². The van der Waals surface area contributed by atoms with E-state index in [9.17, 15) is 0 Å². The number of rotatable bonds is 3. The molecule has 2 rings (SSSR count). The normalized spacial score (nSPS) is 10.1. The summed E-state index contributed by atoms with van der Waals surface area (Å²) >= 11 is 0. The first-order chi connectivity index (χ1) is 7.79. The van der Waals surface area contributed by atoms with Gasteiger partial charge in [-0.3, -0.25) is 0 Å². The van der Waals surface area contributed by atoms with E-state index in [0.717, 1.165) is 6.54 Å². The monoisotopic (exact) mass is 213 g/mol. The Labute approximate surface area is 96.6 Å². The number of anilines is 1. The topological polar surface area (TPSA) is 15.9 Å². The van der Waals surface area contributed by atoms with Gasteiger partial charge in [0.05, 0.1) is 0 Å². The van der Waals surface area contributed by atoms with E-state index in [1.807, 2.05) is 13.1 Å². The minimum Gasteiger partial charge on any atom is -0.383 e. The van der Waals surface area contributed by atoms with E-state index in [1.54, 1.807) is 0 Å². The Morgan fingerprint density at radius 2 is 1.88 bits per heavy atom. The molecule has 1 heterocycles. The molecule has 0 aliphatic rings. The van der Waals surface area contributed by atoms with Gasteiger partial charge in [0.15, 0.2) is 18.9 Å². The number of aryl methyl sites for hydroxylation is 1. The van der Waals surface area contributed by atoms with Gasteiger partial charge >= 0.3 is 0 Å². The van der Waals surface area contributed by atoms with E-state index in [-0.39, 0.29) is 0 Å². The van der Waals surface area contributed by atoms with Gasteiger partial charge in [0.2, 0.25) is 0 Å². The number of pyridine rings is 1. The number of aromatic nitrogens is 1. The van der Waals surface area contributed by atoms with Gasteiger partial charge < -0.3 is 5.32 Å². The summed E-state index contributed by atoms with van der Waals surface area (Å²) in [6.07, 6.45) is 4.26. The average molecular weight is 213 g/mol. The van der Waals surface area contributed by atoms with Crippen molar-refractivity contribution in [2.24, 2.45) is 0 Å². The van der Waals surface area contributed by atoms with Crippen LogP contribution in [0.2, 0.25) is 0 Å². The summed E-state index contributed by atoms with van der Waals surface area (Å²) in [4.78, 5) is 0. The van der Waals surface area contributed by atoms with Crippen molar-refractivity contribution >= 4 is 5.69 Å². The molecule has 0 amide bonds. The highest BCUT2D eigenvalue weighted by Crippen LogP contribution is 2.09. The van der Waals surface area contributed by atoms with Gasteiger partial charge in [-0.25, -0.2) is 0 Å². The third-order valence-corrected chi connectivity index (χ3v) is 2.71. The maximum Gasteiger partial charge on any atom is 0.192 e. The van der Waals surface area contributed by atoms with Crippen molar-refractivity contribution in [3.05, 3.63) is 59.9 Å². The minimum absolute atomic E-state index is 0.912. The Morgan fingerprint density at radius 1 is 1.12 bits per heavy atom. The van der Waals surface area contributed by atoms with Gasteiger partial charge in [0.1, 0.15) is 5.69 Å². The lowest BCUT2D eigenvalue weighted by Crippen LogP contribution is -2.33. The molecule has 0 aliphatic heterocycles. The Hall–Kier alpha value is -1.83. The molecule has 0 unspecified atom stereocenters. The summed E-state index contributed by atoms with van der Waals surface area (Å²) in [5, 5.41) is 3.20. The first kappa shape index (κ1) is 10.7. The second kappa shape index (κ2) is 4.79. The lowest BCUT2D eigenvalue weighted by molar-refractivity contribution is -0.687. The zero-order chi connectivity index (χ0) is 11.4. The number of hydrogen-bond donors (Lipinski definition) is 1. The third-order valence-electron chi connectivity index (χ3n) is 2.71. The zero-order valence-electron chi connectivity index (χ0n) is 9.77. The molecular formula is C14H17N2+. The number of hydrogen-bond acceptors (Lipinski definition) is 1. The molecule has 16 heavy (non-hydrogen) atoms. The van der Waals surface area contributed by atoms with Crippen molar-refractivity contribution in [2.75, 3.05) is 12.4 Å². The molecule has 2 aromatic rings. The molecule has 0 aliphatic carbocycles. The lowest BCUT2D eigenvalue weighted by atomic mass is 10.2. The van der Waals surface area contributed by atoms with Gasteiger partial charge in [-0.15, -0.1) is 0 Å². The van der Waals surface area contributed by atoms with E-state index in [4.69, 9.17) is 0 Å². The van der Waals surface area contributed by atoms with Crippen LogP contribution in [0.3, 0.4) is 0 Å². The van der Waals surface area contributed by atoms with Crippen LogP contribution in [-0.4, -0.2) is 7.05 Å². The smallest absolute Gasteiger partial charge is 0.192 e. The van der Waals surface area contributed by atoms with Crippen molar-refractivity contribution in [2.45, 2.75) is 13.5 Å². The number of nitrogens with one attached hydrogen (secondary N) is 1. The van der Waals surface area contributed by atoms with Gasteiger partial charge in [0.25, 0.3) is 0 Å². The summed E-state index contributed by atoms with van der Waals surface area (Å²) in [5.41, 5.74) is 3.77. The van der Waals surface area contributed by atoms with Gasteiger partial charge in [0, 0.05) is 18.7 Å². The van der Waals surface area contributed by atoms with E-state index in [1.165, 1.54) is 16.8 Å². The summed E-state index contributed by atoms with van der Waals surface area (Å²) in [6.45, 7) is 3.02. The van der Waals surface area contributed by atoms with Crippen LogP contribution in [0.4, 0.5) is 5.69 Å². The standard InChI is InChI=1S/C14H17N2/c1-12-8-9-16(11-14(12)15-2)10-13-6-4-3-5-7-13/h3-9,11,15H,10H2,1-2H3/q+1. The predicted octanol–water partition coefficient (Wildman–Crippen LogP) is 2.37. The maximum absolute atomic E-state index is 3.20. The van der Waals surface area contributed by atoms with Crippen molar-refractivity contribution in [3.63, 3.8) is 0 Å². The summed E-state index contributed by atoms with van der Waals surface area (Å²) in [7, 11) is 1.95. The van der Waals surface area contributed by atoms with Crippen molar-refractivity contribution in [3.8, 4) is 0 Å². The molecule has 0 spiro atoms. The molecule has 0 fully saturated rings. The fraction of sp³-hybridized carbons (Fsp3) is 0.214. The Bertz CT molecular complexity index is 463. The first-order valence-electron chi connectivity index (χ1n) is 5.51. The van der Waals surface area contributed by atoms with Crippen LogP contribution >= 0.6 is 0 Å². The lowest BCUT2D eigenvalue weighted by Gasteiger charge is -2.03. The van der Waals surface area contributed by atoms with E-state index >= 15 is 0 Å². The van der Waals surface area contributed by atoms with Crippen molar-refractivity contribution in [1.29, 1.82) is 0 Å². The molecule has 1 aromatic carbocycles. The molecule has 0 radical (unpaired) electrons. The minimum atomic E-state index is 0.912. The molecule has 82 valence electrons. The summed E-state index contributed by atoms with van der Waals surface area (Å²) < 4.78 is 2.19. The fourth-order valence-corrected chi connectivity index (χ4v) is 1.76. The highest BCUT2D eigenvalue weighted by atomic mass is 15.0. The SMILES string of the molecule is CNc1c[n+](Cc2ccccc2)ccc1C. The molecule has 0 saturated heterocycles. The van der Waals surface area contributed by atoms with E-state index in [2.05, 4.69) is 59.5 Å². The molecule has 2 heteroatoms. The van der Waals surface area contributed by atoms with Gasteiger partial charge in [-0.2, -0.15) is 4.57 Å². The first-order valence-corrected chi connectivity index (χ1v) is 5.51. The zero-order valence-corrected chi connectivity index (χ0v) is 9.77. The fourth-order valence-electron chi connectivity index (χ4n) is 1.76. The molecule has 1 aromatic heterocycles. The molecule has 2 nitrogen and oxygen atoms in total. The second-order valence-corrected chi connectivity index (χ2v) is 3.95. The van der Waals surface area contributed by atoms with Crippen LogP contribution < -0.4 is 9.88 Å². The van der Waals surface area contributed by atoms with Crippen LogP contribution in [-0.2, 0) is 6.54 Å². The van der Waals surface area contributed by atoms with Gasteiger partial charge in [-0.1, -0.05) is 30.3 Å². The quantitative estimate of drug-likeness (QED) is 0.774. The molecule has 0 bridgehead atoms. The Kier molecular flexibility index (Phi) is 3.20. The molecule has 1 N–H and O–H groups in total. The Morgan fingerprint density at radius 3 is 2.56 bits per heavy atom. The van der Waals surface area contributed by atoms with Crippen LogP contribution in [0.25, 0.3) is 0 Å². The number of benzene rings is 1. The Balaban J connectivity index is 2.22. The van der Waals surface area contributed by atoms with E-state index in [0.29, 0.717) is 0 Å². The highest BCUT2D eigenvalue weighted by Gasteiger charge is 2.05. The van der Waals surface area contributed by atoms with Crippen LogP contribution in [0.1, 0.15) is 11.1 Å². The molecule has 0 saturated carbocycles. The highest BCUT2D eigenvalue weighted by molar-refractivity contribution is 5.45. The largest absolute Gasteiger partial charge is 0.383 e. The average Bonchev–Trinajstić information content (AvgIpc) is 2.33. The van der Waals surface area contributed by atoms with Crippen LogP contribution in [0.15, 0.2) is 48.8 Å². The third kappa shape index (κ3) is 2.40. The maximum atomic E-state index is 3.20.